The normalized spacial score (nSPS) is 20.4. The summed E-state index contributed by atoms with van der Waals surface area (Å²) in [6.07, 6.45) is 2.93. The van der Waals surface area contributed by atoms with Crippen LogP contribution in [0.15, 0.2) is 0 Å². The van der Waals surface area contributed by atoms with Crippen LogP contribution in [0.1, 0.15) is 46.5 Å². The van der Waals surface area contributed by atoms with Crippen molar-refractivity contribution in [1.29, 1.82) is 0 Å². The number of hydrogen-bond donors (Lipinski definition) is 0. The summed E-state index contributed by atoms with van der Waals surface area (Å²) >= 11 is 0. The quantitative estimate of drug-likeness (QED) is 0.678. The van der Waals surface area contributed by atoms with E-state index in [0.717, 1.165) is 19.3 Å². The number of nitrogens with zero attached hydrogens (tertiary/aromatic N) is 1. The number of carbonyl (C=O) groups is 2. The van der Waals surface area contributed by atoms with E-state index in [1.54, 1.807) is 0 Å². The monoisotopic (exact) mass is 227 g/mol. The second-order valence-electron chi connectivity index (χ2n) is 4.61. The maximum atomic E-state index is 11.9. The van der Waals surface area contributed by atoms with Crippen molar-refractivity contribution < 1.29 is 14.3 Å². The van der Waals surface area contributed by atoms with Gasteiger partial charge in [-0.15, -0.1) is 0 Å². The number of carbonyl (C=O) groups excluding carboxylic acids is 2. The molecule has 0 bridgehead atoms. The molecule has 2 amide bonds. The van der Waals surface area contributed by atoms with Gasteiger partial charge >= 0.3 is 6.09 Å². The number of cyclic esters (lactones) is 1. The molecular weight excluding hydrogens is 206 g/mol. The van der Waals surface area contributed by atoms with E-state index >= 15 is 0 Å². The first-order valence-corrected chi connectivity index (χ1v) is 6.06. The Morgan fingerprint density at radius 3 is 2.75 bits per heavy atom. The minimum atomic E-state index is -0.472. The van der Waals surface area contributed by atoms with Crippen LogP contribution < -0.4 is 0 Å². The van der Waals surface area contributed by atoms with Crippen molar-refractivity contribution in [2.24, 2.45) is 5.92 Å². The Labute approximate surface area is 96.9 Å². The molecule has 0 aromatic rings. The van der Waals surface area contributed by atoms with Crippen LogP contribution in [-0.4, -0.2) is 29.5 Å². The maximum Gasteiger partial charge on any atom is 0.416 e. The summed E-state index contributed by atoms with van der Waals surface area (Å²) < 4.78 is 4.93. The van der Waals surface area contributed by atoms with E-state index in [-0.39, 0.29) is 17.9 Å². The second-order valence-corrected chi connectivity index (χ2v) is 4.61. The fraction of sp³-hybridized carbons (Fsp3) is 0.833. The summed E-state index contributed by atoms with van der Waals surface area (Å²) in [5.74, 6) is 0.163. The highest BCUT2D eigenvalue weighted by atomic mass is 16.6. The van der Waals surface area contributed by atoms with Gasteiger partial charge in [-0.1, -0.05) is 33.6 Å². The van der Waals surface area contributed by atoms with E-state index in [9.17, 15) is 9.59 Å². The first-order chi connectivity index (χ1) is 7.57. The van der Waals surface area contributed by atoms with Crippen molar-refractivity contribution in [2.75, 3.05) is 6.61 Å². The Bertz CT molecular complexity index is 263. The Morgan fingerprint density at radius 1 is 1.50 bits per heavy atom. The van der Waals surface area contributed by atoms with Crippen molar-refractivity contribution in [3.63, 3.8) is 0 Å². The predicted molar refractivity (Wildman–Crippen MR) is 61.0 cm³/mol. The lowest BCUT2D eigenvalue weighted by molar-refractivity contribution is -0.129. The van der Waals surface area contributed by atoms with Gasteiger partial charge in [0, 0.05) is 6.42 Å². The number of unbranched alkanes of at least 4 members (excludes halogenated alkanes) is 2. The van der Waals surface area contributed by atoms with Crippen molar-refractivity contribution in [1.82, 2.24) is 4.90 Å². The number of ether oxygens (including phenoxy) is 1. The summed E-state index contributed by atoms with van der Waals surface area (Å²) in [7, 11) is 0. The van der Waals surface area contributed by atoms with Gasteiger partial charge in [-0.25, -0.2) is 9.69 Å². The molecule has 1 rings (SSSR count). The minimum absolute atomic E-state index is 0.0818. The smallest absolute Gasteiger partial charge is 0.416 e. The predicted octanol–water partition coefficient (Wildman–Crippen LogP) is 2.57. The van der Waals surface area contributed by atoms with Crippen LogP contribution in [0.5, 0.6) is 0 Å². The van der Waals surface area contributed by atoms with Gasteiger partial charge in [-0.05, 0) is 12.3 Å². The van der Waals surface area contributed by atoms with Crippen LogP contribution in [0.25, 0.3) is 0 Å². The number of hydrogen-bond acceptors (Lipinski definition) is 3. The van der Waals surface area contributed by atoms with Gasteiger partial charge in [-0.3, -0.25) is 4.79 Å². The molecule has 0 aliphatic carbocycles. The van der Waals surface area contributed by atoms with Gasteiger partial charge in [0.2, 0.25) is 5.91 Å². The molecule has 1 heterocycles. The average Bonchev–Trinajstić information content (AvgIpc) is 2.60. The highest BCUT2D eigenvalue weighted by molar-refractivity contribution is 5.93. The molecule has 4 nitrogen and oxygen atoms in total. The zero-order valence-corrected chi connectivity index (χ0v) is 10.4. The third-order valence-electron chi connectivity index (χ3n) is 2.94. The molecule has 1 atom stereocenters. The highest BCUT2D eigenvalue weighted by Gasteiger charge is 2.38. The number of rotatable bonds is 5. The molecular formula is C12H21NO3. The molecule has 0 aromatic heterocycles. The lowest BCUT2D eigenvalue weighted by Crippen LogP contribution is -2.41. The van der Waals surface area contributed by atoms with Crippen molar-refractivity contribution >= 4 is 12.0 Å². The van der Waals surface area contributed by atoms with E-state index in [1.807, 2.05) is 13.8 Å². The van der Waals surface area contributed by atoms with Gasteiger partial charge in [0.25, 0.3) is 0 Å². The van der Waals surface area contributed by atoms with Gasteiger partial charge in [-0.2, -0.15) is 0 Å². The molecule has 1 aliphatic heterocycles. The molecule has 0 aromatic carbocycles. The van der Waals surface area contributed by atoms with E-state index in [1.165, 1.54) is 4.90 Å². The molecule has 0 spiro atoms. The lowest BCUT2D eigenvalue weighted by atomic mass is 10.0. The molecule has 1 saturated heterocycles. The van der Waals surface area contributed by atoms with E-state index in [2.05, 4.69) is 6.92 Å². The highest BCUT2D eigenvalue weighted by Crippen LogP contribution is 2.21. The van der Waals surface area contributed by atoms with Gasteiger partial charge in [0.1, 0.15) is 6.61 Å². The molecule has 16 heavy (non-hydrogen) atoms. The second kappa shape index (κ2) is 5.87. The summed E-state index contributed by atoms with van der Waals surface area (Å²) in [6.45, 7) is 6.43. The molecule has 0 N–H and O–H groups in total. The van der Waals surface area contributed by atoms with Gasteiger partial charge < -0.3 is 4.74 Å². The SMILES string of the molecule is CCCCCC(=O)N1C(=O)OC[C@@H]1C(C)C. The summed E-state index contributed by atoms with van der Waals surface area (Å²) in [6, 6.07) is -0.0818. The Hall–Kier alpha value is -1.06. The molecule has 92 valence electrons. The van der Waals surface area contributed by atoms with Crippen LogP contribution in [0.4, 0.5) is 4.79 Å². The minimum Gasteiger partial charge on any atom is -0.447 e. The van der Waals surface area contributed by atoms with Gasteiger partial charge in [0.05, 0.1) is 6.04 Å². The third kappa shape index (κ3) is 2.97. The Balaban J connectivity index is 2.54. The third-order valence-corrected chi connectivity index (χ3v) is 2.94. The van der Waals surface area contributed by atoms with Crippen LogP contribution in [0.3, 0.4) is 0 Å². The number of imide groups is 1. The summed E-state index contributed by atoms with van der Waals surface area (Å²) in [5, 5.41) is 0. The number of amides is 2. The first kappa shape index (κ1) is 13.0. The standard InChI is InChI=1S/C12H21NO3/c1-4-5-6-7-11(14)13-10(9(2)3)8-16-12(13)15/h9-10H,4-8H2,1-3H3/t10-/m1/s1. The van der Waals surface area contributed by atoms with E-state index < -0.39 is 6.09 Å². The Morgan fingerprint density at radius 2 is 2.19 bits per heavy atom. The molecule has 1 aliphatic rings. The van der Waals surface area contributed by atoms with Crippen molar-refractivity contribution in [3.8, 4) is 0 Å². The fourth-order valence-corrected chi connectivity index (χ4v) is 1.86. The van der Waals surface area contributed by atoms with Gasteiger partial charge in [0.15, 0.2) is 0 Å². The van der Waals surface area contributed by atoms with Crippen LogP contribution in [0.2, 0.25) is 0 Å². The molecule has 0 unspecified atom stereocenters. The zero-order chi connectivity index (χ0) is 12.1. The zero-order valence-electron chi connectivity index (χ0n) is 10.4. The average molecular weight is 227 g/mol. The maximum absolute atomic E-state index is 11.9. The molecule has 0 radical (unpaired) electrons. The summed E-state index contributed by atoms with van der Waals surface area (Å²) in [4.78, 5) is 24.6. The first-order valence-electron chi connectivity index (χ1n) is 6.06. The van der Waals surface area contributed by atoms with Crippen LogP contribution in [0, 0.1) is 5.92 Å². The van der Waals surface area contributed by atoms with Crippen LogP contribution >= 0.6 is 0 Å². The molecule has 4 heteroatoms. The lowest BCUT2D eigenvalue weighted by Gasteiger charge is -2.22. The van der Waals surface area contributed by atoms with Crippen LogP contribution in [-0.2, 0) is 9.53 Å². The largest absolute Gasteiger partial charge is 0.447 e. The fourth-order valence-electron chi connectivity index (χ4n) is 1.86. The van der Waals surface area contributed by atoms with E-state index in [0.29, 0.717) is 13.0 Å². The molecule has 1 fully saturated rings. The van der Waals surface area contributed by atoms with Crippen molar-refractivity contribution in [2.45, 2.75) is 52.5 Å². The summed E-state index contributed by atoms with van der Waals surface area (Å²) in [5.41, 5.74) is 0. The van der Waals surface area contributed by atoms with Crippen molar-refractivity contribution in [3.05, 3.63) is 0 Å². The van der Waals surface area contributed by atoms with E-state index in [4.69, 9.17) is 4.74 Å². The Kier molecular flexibility index (Phi) is 4.77. The topological polar surface area (TPSA) is 46.6 Å². The molecule has 0 saturated carbocycles.